The van der Waals surface area contributed by atoms with Gasteiger partial charge in [-0.3, -0.25) is 0 Å². The minimum atomic E-state index is 0.458. The standard InChI is InChI=1S/C14H30/c1-11(2)12(14(6,7)8)9-10-13(3,4)5/h11-12H,9-10H2,1-8H3/t12-/m0/s1. The summed E-state index contributed by atoms with van der Waals surface area (Å²) in [5, 5.41) is 0. The van der Waals surface area contributed by atoms with E-state index in [9.17, 15) is 0 Å². The van der Waals surface area contributed by atoms with Crippen molar-refractivity contribution in [2.75, 3.05) is 0 Å². The smallest absolute Gasteiger partial charge is 0.0342 e. The third-order valence-corrected chi connectivity index (χ3v) is 3.12. The summed E-state index contributed by atoms with van der Waals surface area (Å²) in [5.41, 5.74) is 0.942. The van der Waals surface area contributed by atoms with E-state index in [1.54, 1.807) is 0 Å². The van der Waals surface area contributed by atoms with E-state index >= 15 is 0 Å². The first-order valence-electron chi connectivity index (χ1n) is 6.04. The van der Waals surface area contributed by atoms with Gasteiger partial charge in [-0.2, -0.15) is 0 Å². The Morgan fingerprint density at radius 3 is 1.50 bits per heavy atom. The topological polar surface area (TPSA) is 0 Å². The molecule has 0 saturated carbocycles. The van der Waals surface area contributed by atoms with Crippen molar-refractivity contribution in [2.24, 2.45) is 22.7 Å². The molecule has 0 bridgehead atoms. The van der Waals surface area contributed by atoms with E-state index < -0.39 is 0 Å². The summed E-state index contributed by atoms with van der Waals surface area (Å²) in [6.07, 6.45) is 2.71. The maximum atomic E-state index is 2.38. The highest BCUT2D eigenvalue weighted by atomic mass is 14.3. The highest BCUT2D eigenvalue weighted by Crippen LogP contribution is 2.38. The molecule has 0 aromatic carbocycles. The molecule has 0 aromatic heterocycles. The minimum absolute atomic E-state index is 0.458. The summed E-state index contributed by atoms with van der Waals surface area (Å²) in [6, 6.07) is 0. The Hall–Kier alpha value is 0. The molecular formula is C14H30. The van der Waals surface area contributed by atoms with Gasteiger partial charge in [-0.25, -0.2) is 0 Å². The third-order valence-electron chi connectivity index (χ3n) is 3.12. The molecule has 1 atom stereocenters. The summed E-state index contributed by atoms with van der Waals surface area (Å²) in [5.74, 6) is 1.65. The number of rotatable bonds is 3. The van der Waals surface area contributed by atoms with E-state index in [0.717, 1.165) is 11.8 Å². The van der Waals surface area contributed by atoms with Gasteiger partial charge in [-0.15, -0.1) is 0 Å². The van der Waals surface area contributed by atoms with Crippen LogP contribution in [0.1, 0.15) is 68.2 Å². The van der Waals surface area contributed by atoms with Crippen molar-refractivity contribution in [1.29, 1.82) is 0 Å². The van der Waals surface area contributed by atoms with Crippen molar-refractivity contribution >= 4 is 0 Å². The largest absolute Gasteiger partial charge is 0.0625 e. The first-order chi connectivity index (χ1) is 6.04. The fourth-order valence-corrected chi connectivity index (χ4v) is 2.35. The molecule has 0 aliphatic rings. The predicted octanol–water partition coefficient (Wildman–Crippen LogP) is 5.13. The van der Waals surface area contributed by atoms with Crippen molar-refractivity contribution in [3.8, 4) is 0 Å². The summed E-state index contributed by atoms with van der Waals surface area (Å²) in [7, 11) is 0. The maximum absolute atomic E-state index is 2.38. The van der Waals surface area contributed by atoms with E-state index in [1.165, 1.54) is 12.8 Å². The van der Waals surface area contributed by atoms with Crippen LogP contribution >= 0.6 is 0 Å². The second-order valence-electron chi connectivity index (χ2n) is 7.32. The predicted molar refractivity (Wildman–Crippen MR) is 66.5 cm³/mol. The molecule has 14 heavy (non-hydrogen) atoms. The van der Waals surface area contributed by atoms with Crippen LogP contribution in [-0.4, -0.2) is 0 Å². The average molecular weight is 198 g/mol. The van der Waals surface area contributed by atoms with Gasteiger partial charge in [0, 0.05) is 0 Å². The van der Waals surface area contributed by atoms with Crippen LogP contribution in [-0.2, 0) is 0 Å². The summed E-state index contributed by atoms with van der Waals surface area (Å²) >= 11 is 0. The Balaban J connectivity index is 4.27. The lowest BCUT2D eigenvalue weighted by Crippen LogP contribution is -2.26. The van der Waals surface area contributed by atoms with Gasteiger partial charge in [0.25, 0.3) is 0 Å². The lowest BCUT2D eigenvalue weighted by molar-refractivity contribution is 0.145. The average Bonchev–Trinajstić information content (AvgIpc) is 1.79. The van der Waals surface area contributed by atoms with E-state index in [0.29, 0.717) is 10.8 Å². The van der Waals surface area contributed by atoms with Crippen LogP contribution in [0.25, 0.3) is 0 Å². The molecule has 0 radical (unpaired) electrons. The molecule has 0 nitrogen and oxygen atoms in total. The lowest BCUT2D eigenvalue weighted by Gasteiger charge is -2.36. The zero-order valence-electron chi connectivity index (χ0n) is 11.6. The normalized spacial score (nSPS) is 16.1. The third kappa shape index (κ3) is 5.67. The molecule has 86 valence electrons. The van der Waals surface area contributed by atoms with Gasteiger partial charge in [0.05, 0.1) is 0 Å². The number of hydrogen-bond acceptors (Lipinski definition) is 0. The number of hydrogen-bond donors (Lipinski definition) is 0. The zero-order chi connectivity index (χ0) is 11.6. The highest BCUT2D eigenvalue weighted by molar-refractivity contribution is 4.78. The lowest BCUT2D eigenvalue weighted by atomic mass is 9.70. The zero-order valence-corrected chi connectivity index (χ0v) is 11.6. The molecule has 0 heteroatoms. The second kappa shape index (κ2) is 4.68. The molecule has 0 amide bonds. The van der Waals surface area contributed by atoms with Gasteiger partial charge in [0.1, 0.15) is 0 Å². The van der Waals surface area contributed by atoms with Crippen molar-refractivity contribution in [3.63, 3.8) is 0 Å². The summed E-state index contributed by atoms with van der Waals surface area (Å²) < 4.78 is 0. The van der Waals surface area contributed by atoms with Gasteiger partial charge in [0.15, 0.2) is 0 Å². The first kappa shape index (κ1) is 14.0. The molecule has 0 unspecified atom stereocenters. The van der Waals surface area contributed by atoms with Gasteiger partial charge < -0.3 is 0 Å². The minimum Gasteiger partial charge on any atom is -0.0625 e. The molecule has 0 aliphatic heterocycles. The van der Waals surface area contributed by atoms with Crippen LogP contribution in [0.15, 0.2) is 0 Å². The Morgan fingerprint density at radius 2 is 1.29 bits per heavy atom. The Bertz CT molecular complexity index is 152. The van der Waals surface area contributed by atoms with Crippen molar-refractivity contribution in [2.45, 2.75) is 68.2 Å². The molecule has 0 fully saturated rings. The van der Waals surface area contributed by atoms with Crippen molar-refractivity contribution in [1.82, 2.24) is 0 Å². The SMILES string of the molecule is CC(C)[C@H](CCC(C)(C)C)C(C)(C)C. The summed E-state index contributed by atoms with van der Waals surface area (Å²) in [4.78, 5) is 0. The second-order valence-corrected chi connectivity index (χ2v) is 7.32. The molecule has 0 N–H and O–H groups in total. The summed E-state index contributed by atoms with van der Waals surface area (Å²) in [6.45, 7) is 18.9. The quantitative estimate of drug-likeness (QED) is 0.589. The van der Waals surface area contributed by atoms with Gasteiger partial charge in [0.2, 0.25) is 0 Å². The fraction of sp³-hybridized carbons (Fsp3) is 1.00. The van der Waals surface area contributed by atoms with Crippen molar-refractivity contribution < 1.29 is 0 Å². The molecular weight excluding hydrogens is 168 g/mol. The van der Waals surface area contributed by atoms with E-state index in [-0.39, 0.29) is 0 Å². The molecule has 0 saturated heterocycles. The molecule has 0 heterocycles. The first-order valence-corrected chi connectivity index (χ1v) is 6.04. The van der Waals surface area contributed by atoms with Crippen LogP contribution < -0.4 is 0 Å². The van der Waals surface area contributed by atoms with E-state index in [1.807, 2.05) is 0 Å². The fourth-order valence-electron chi connectivity index (χ4n) is 2.35. The van der Waals surface area contributed by atoms with Crippen LogP contribution in [0.2, 0.25) is 0 Å². The Morgan fingerprint density at radius 1 is 0.857 bits per heavy atom. The molecule has 0 aliphatic carbocycles. The maximum Gasteiger partial charge on any atom is -0.0342 e. The molecule has 0 rings (SSSR count). The van der Waals surface area contributed by atoms with Crippen LogP contribution in [0.5, 0.6) is 0 Å². The monoisotopic (exact) mass is 198 g/mol. The van der Waals surface area contributed by atoms with Crippen LogP contribution in [0.4, 0.5) is 0 Å². The van der Waals surface area contributed by atoms with E-state index in [2.05, 4.69) is 55.4 Å². The highest BCUT2D eigenvalue weighted by Gasteiger charge is 2.28. The van der Waals surface area contributed by atoms with E-state index in [4.69, 9.17) is 0 Å². The van der Waals surface area contributed by atoms with Crippen LogP contribution in [0.3, 0.4) is 0 Å². The van der Waals surface area contributed by atoms with Gasteiger partial charge in [-0.05, 0) is 35.5 Å². The molecule has 0 spiro atoms. The van der Waals surface area contributed by atoms with Gasteiger partial charge >= 0.3 is 0 Å². The molecule has 0 aromatic rings. The Kier molecular flexibility index (Phi) is 4.68. The van der Waals surface area contributed by atoms with Crippen molar-refractivity contribution in [3.05, 3.63) is 0 Å². The van der Waals surface area contributed by atoms with Gasteiger partial charge in [-0.1, -0.05) is 55.4 Å². The Labute approximate surface area is 91.5 Å². The van der Waals surface area contributed by atoms with Crippen LogP contribution in [0, 0.1) is 22.7 Å².